The molecular formula is C22H20BrF2N3O2. The van der Waals surface area contributed by atoms with Gasteiger partial charge in [-0.3, -0.25) is 14.5 Å². The molecule has 2 aromatic carbocycles. The first kappa shape index (κ1) is 19.6. The minimum absolute atomic E-state index is 0.115. The fourth-order valence-corrected chi connectivity index (χ4v) is 6.05. The number of halogens is 3. The smallest absolute Gasteiger partial charge is 0.252 e. The second kappa shape index (κ2) is 6.85. The number of carbonyl (C=O) groups is 2. The number of benzene rings is 2. The molecule has 2 amide bonds. The van der Waals surface area contributed by atoms with E-state index < -0.39 is 29.0 Å². The molecule has 5 nitrogen and oxygen atoms in total. The third-order valence-corrected chi connectivity index (χ3v) is 7.35. The summed E-state index contributed by atoms with van der Waals surface area (Å²) in [6.07, 6.45) is 2.40. The highest BCUT2D eigenvalue weighted by molar-refractivity contribution is 9.10. The number of carbonyl (C=O) groups excluding carboxylic acids is 2. The Bertz CT molecular complexity index is 1060. The van der Waals surface area contributed by atoms with Crippen molar-refractivity contribution < 1.29 is 18.4 Å². The Morgan fingerprint density at radius 2 is 2.03 bits per heavy atom. The van der Waals surface area contributed by atoms with Gasteiger partial charge in [-0.25, -0.2) is 8.78 Å². The standard InChI is InChI=1S/C22H20BrF2N3O2/c1-27-18-7-3-2-6-14(18)22(21(27)30)15(11-13-5-4-8-28(13)22)20(29)26-19-16(23)9-12(24)10-17(19)25/h2-3,6-7,9-10,13,15H,4-5,8,11H2,1H3,(H,26,29)/t13-,15-,22+/m1/s1. The van der Waals surface area contributed by atoms with Gasteiger partial charge in [0, 0.05) is 34.9 Å². The van der Waals surface area contributed by atoms with E-state index >= 15 is 0 Å². The maximum atomic E-state index is 14.4. The lowest BCUT2D eigenvalue weighted by Crippen LogP contribution is -2.55. The Morgan fingerprint density at radius 3 is 2.80 bits per heavy atom. The van der Waals surface area contributed by atoms with Crippen LogP contribution in [0, 0.1) is 17.6 Å². The summed E-state index contributed by atoms with van der Waals surface area (Å²) in [4.78, 5) is 30.9. The van der Waals surface area contributed by atoms with Gasteiger partial charge in [0.2, 0.25) is 5.91 Å². The van der Waals surface area contributed by atoms with Crippen LogP contribution in [-0.4, -0.2) is 36.3 Å². The van der Waals surface area contributed by atoms with Gasteiger partial charge in [0.25, 0.3) is 5.91 Å². The highest BCUT2D eigenvalue weighted by atomic mass is 79.9. The summed E-state index contributed by atoms with van der Waals surface area (Å²) in [7, 11) is 1.73. The Kier molecular flexibility index (Phi) is 4.48. The normalized spacial score (nSPS) is 27.6. The van der Waals surface area contributed by atoms with Crippen LogP contribution in [-0.2, 0) is 15.1 Å². The molecule has 0 bridgehead atoms. The monoisotopic (exact) mass is 475 g/mol. The summed E-state index contributed by atoms with van der Waals surface area (Å²) >= 11 is 3.13. The van der Waals surface area contributed by atoms with Crippen LogP contribution < -0.4 is 10.2 Å². The first-order valence-electron chi connectivity index (χ1n) is 9.95. The maximum absolute atomic E-state index is 14.4. The molecule has 3 aliphatic rings. The molecule has 3 atom stereocenters. The van der Waals surface area contributed by atoms with E-state index in [2.05, 4.69) is 26.1 Å². The van der Waals surface area contributed by atoms with E-state index in [0.29, 0.717) is 6.42 Å². The molecule has 1 N–H and O–H groups in total. The number of nitrogens with one attached hydrogen (secondary N) is 1. The molecular weight excluding hydrogens is 456 g/mol. The molecule has 1 spiro atoms. The van der Waals surface area contributed by atoms with Crippen LogP contribution in [0.15, 0.2) is 40.9 Å². The van der Waals surface area contributed by atoms with Crippen LogP contribution in [0.4, 0.5) is 20.2 Å². The molecule has 3 aliphatic heterocycles. The van der Waals surface area contributed by atoms with Gasteiger partial charge in [-0.1, -0.05) is 18.2 Å². The first-order chi connectivity index (χ1) is 14.4. The predicted molar refractivity (Wildman–Crippen MR) is 112 cm³/mol. The third kappa shape index (κ3) is 2.53. The average Bonchev–Trinajstić information content (AvgIpc) is 3.35. The van der Waals surface area contributed by atoms with Crippen molar-refractivity contribution >= 4 is 39.1 Å². The molecule has 2 fully saturated rings. The number of para-hydroxylation sites is 1. The molecule has 2 aromatic rings. The SMILES string of the molecule is CN1C(=O)[C@]2(c3ccccc31)[C@@H](C(=O)Nc1c(F)cc(F)cc1Br)C[C@H]1CCCN12. The highest BCUT2D eigenvalue weighted by Gasteiger charge is 2.66. The lowest BCUT2D eigenvalue weighted by Gasteiger charge is -2.37. The second-order valence-electron chi connectivity index (χ2n) is 8.16. The number of amides is 2. The fourth-order valence-electron chi connectivity index (χ4n) is 5.54. The number of rotatable bonds is 2. The van der Waals surface area contributed by atoms with E-state index in [4.69, 9.17) is 0 Å². The van der Waals surface area contributed by atoms with Crippen molar-refractivity contribution in [2.24, 2.45) is 5.92 Å². The van der Waals surface area contributed by atoms with E-state index in [1.54, 1.807) is 11.9 Å². The van der Waals surface area contributed by atoms with Crippen LogP contribution >= 0.6 is 15.9 Å². The third-order valence-electron chi connectivity index (χ3n) is 6.72. The Labute approximate surface area is 181 Å². The summed E-state index contributed by atoms with van der Waals surface area (Å²) in [5.74, 6) is -2.85. The van der Waals surface area contributed by atoms with Crippen molar-refractivity contribution in [1.82, 2.24) is 4.90 Å². The van der Waals surface area contributed by atoms with Crippen molar-refractivity contribution in [1.29, 1.82) is 0 Å². The summed E-state index contributed by atoms with van der Waals surface area (Å²) in [6.45, 7) is 0.733. The van der Waals surface area contributed by atoms with Gasteiger partial charge in [-0.05, 0) is 53.9 Å². The number of nitrogens with zero attached hydrogens (tertiary/aromatic N) is 2. The first-order valence-corrected chi connectivity index (χ1v) is 10.7. The van der Waals surface area contributed by atoms with Crippen molar-refractivity contribution in [3.8, 4) is 0 Å². The van der Waals surface area contributed by atoms with Crippen molar-refractivity contribution in [3.63, 3.8) is 0 Å². The fraction of sp³-hybridized carbons (Fsp3) is 0.364. The molecule has 0 aromatic heterocycles. The summed E-state index contributed by atoms with van der Waals surface area (Å²) in [5, 5.41) is 2.63. The molecule has 0 unspecified atom stereocenters. The summed E-state index contributed by atoms with van der Waals surface area (Å²) in [6, 6.07) is 9.49. The summed E-state index contributed by atoms with van der Waals surface area (Å²) < 4.78 is 28.0. The van der Waals surface area contributed by atoms with Gasteiger partial charge in [0.15, 0.2) is 5.82 Å². The number of hydrogen-bond acceptors (Lipinski definition) is 3. The second-order valence-corrected chi connectivity index (χ2v) is 9.01. The van der Waals surface area contributed by atoms with E-state index in [9.17, 15) is 18.4 Å². The van der Waals surface area contributed by atoms with Crippen LogP contribution in [0.3, 0.4) is 0 Å². The zero-order valence-electron chi connectivity index (χ0n) is 16.3. The molecule has 0 saturated carbocycles. The van der Waals surface area contributed by atoms with E-state index in [0.717, 1.165) is 42.8 Å². The summed E-state index contributed by atoms with van der Waals surface area (Å²) in [5.41, 5.74) is 0.401. The Balaban J connectivity index is 1.60. The average molecular weight is 476 g/mol. The Morgan fingerprint density at radius 1 is 1.27 bits per heavy atom. The number of hydrogen-bond donors (Lipinski definition) is 1. The molecule has 30 heavy (non-hydrogen) atoms. The van der Waals surface area contributed by atoms with E-state index in [-0.39, 0.29) is 22.1 Å². The number of fused-ring (bicyclic) bond motifs is 4. The quantitative estimate of drug-likeness (QED) is 0.713. The van der Waals surface area contributed by atoms with E-state index in [1.165, 1.54) is 0 Å². The Hall–Kier alpha value is -2.32. The van der Waals surface area contributed by atoms with Crippen LogP contribution in [0.2, 0.25) is 0 Å². The van der Waals surface area contributed by atoms with Gasteiger partial charge in [-0.2, -0.15) is 0 Å². The molecule has 3 heterocycles. The van der Waals surface area contributed by atoms with Gasteiger partial charge < -0.3 is 10.2 Å². The van der Waals surface area contributed by atoms with E-state index in [1.807, 2.05) is 24.3 Å². The molecule has 0 radical (unpaired) electrons. The van der Waals surface area contributed by atoms with Gasteiger partial charge in [0.1, 0.15) is 11.4 Å². The van der Waals surface area contributed by atoms with Crippen LogP contribution in [0.5, 0.6) is 0 Å². The van der Waals surface area contributed by atoms with Crippen LogP contribution in [0.1, 0.15) is 24.8 Å². The minimum Gasteiger partial charge on any atom is -0.322 e. The zero-order chi connectivity index (χ0) is 21.2. The zero-order valence-corrected chi connectivity index (χ0v) is 17.9. The van der Waals surface area contributed by atoms with Gasteiger partial charge in [-0.15, -0.1) is 0 Å². The van der Waals surface area contributed by atoms with Crippen molar-refractivity contribution in [2.75, 3.05) is 23.8 Å². The van der Waals surface area contributed by atoms with Gasteiger partial charge >= 0.3 is 0 Å². The molecule has 5 rings (SSSR count). The molecule has 8 heteroatoms. The largest absolute Gasteiger partial charge is 0.322 e. The van der Waals surface area contributed by atoms with Crippen LogP contribution in [0.25, 0.3) is 0 Å². The lowest BCUT2D eigenvalue weighted by atomic mass is 9.78. The predicted octanol–water partition coefficient (Wildman–Crippen LogP) is 4.02. The molecule has 156 valence electrons. The maximum Gasteiger partial charge on any atom is 0.252 e. The molecule has 2 saturated heterocycles. The number of anilines is 2. The highest BCUT2D eigenvalue weighted by Crippen LogP contribution is 2.56. The van der Waals surface area contributed by atoms with Crippen molar-refractivity contribution in [2.45, 2.75) is 30.8 Å². The minimum atomic E-state index is -1.10. The molecule has 0 aliphatic carbocycles. The van der Waals surface area contributed by atoms with Gasteiger partial charge in [0.05, 0.1) is 11.6 Å². The lowest BCUT2D eigenvalue weighted by molar-refractivity contribution is -0.136. The number of likely N-dealkylation sites (N-methyl/N-ethyl adjacent to an activating group) is 1. The topological polar surface area (TPSA) is 52.7 Å². The van der Waals surface area contributed by atoms with Crippen molar-refractivity contribution in [3.05, 3.63) is 58.1 Å².